The van der Waals surface area contributed by atoms with Crippen molar-refractivity contribution in [1.82, 2.24) is 0 Å². The molecule has 0 saturated heterocycles. The molecule has 0 bridgehead atoms. The molecule has 0 aliphatic carbocycles. The molecule has 14 heavy (non-hydrogen) atoms. The summed E-state index contributed by atoms with van der Waals surface area (Å²) in [5.74, 6) is -0.353. The van der Waals surface area contributed by atoms with Crippen LogP contribution in [-0.4, -0.2) is 21.9 Å². The first kappa shape index (κ1) is 11.1. The van der Waals surface area contributed by atoms with Crippen molar-refractivity contribution in [2.24, 2.45) is 0 Å². The van der Waals surface area contributed by atoms with Gasteiger partial charge in [0.05, 0.1) is 0 Å². The molecule has 0 spiro atoms. The Balaban J connectivity index is 3.11. The molecule has 0 radical (unpaired) electrons. The molecule has 0 aromatic heterocycles. The van der Waals surface area contributed by atoms with Gasteiger partial charge >= 0.3 is 0 Å². The number of phenols is 2. The van der Waals surface area contributed by atoms with Crippen molar-refractivity contribution in [2.75, 3.05) is 6.61 Å². The van der Waals surface area contributed by atoms with Gasteiger partial charge in [0, 0.05) is 23.3 Å². The minimum atomic E-state index is -0.214. The van der Waals surface area contributed by atoms with Crippen LogP contribution in [0.1, 0.15) is 17.5 Å². The maximum atomic E-state index is 9.54. The van der Waals surface area contributed by atoms with E-state index in [-0.39, 0.29) is 18.1 Å². The van der Waals surface area contributed by atoms with E-state index in [9.17, 15) is 10.2 Å². The highest BCUT2D eigenvalue weighted by Crippen LogP contribution is 2.36. The number of phenolic OH excluding ortho intramolecular Hbond substituents is 2. The predicted octanol–water partition coefficient (Wildman–Crippen LogP) is 1.98. The quantitative estimate of drug-likeness (QED) is 0.678. The Hall–Kier alpha value is -0.930. The van der Waals surface area contributed by atoms with E-state index in [1.54, 1.807) is 6.92 Å². The van der Waals surface area contributed by atoms with Crippen LogP contribution in [0.4, 0.5) is 0 Å². The molecular formula is C10H13ClO3. The van der Waals surface area contributed by atoms with Crippen LogP contribution in [0.5, 0.6) is 11.5 Å². The van der Waals surface area contributed by atoms with Gasteiger partial charge in [-0.2, -0.15) is 0 Å². The molecule has 0 saturated carbocycles. The molecule has 78 valence electrons. The van der Waals surface area contributed by atoms with Crippen LogP contribution in [0, 0.1) is 6.92 Å². The number of hydrogen-bond acceptors (Lipinski definition) is 3. The Labute approximate surface area is 87.6 Å². The third kappa shape index (κ3) is 2.11. The second kappa shape index (κ2) is 4.53. The fourth-order valence-corrected chi connectivity index (χ4v) is 1.55. The Kier molecular flexibility index (Phi) is 3.61. The van der Waals surface area contributed by atoms with Gasteiger partial charge in [-0.3, -0.25) is 0 Å². The summed E-state index contributed by atoms with van der Waals surface area (Å²) >= 11 is 5.84. The Morgan fingerprint density at radius 2 is 2.00 bits per heavy atom. The molecule has 0 amide bonds. The summed E-state index contributed by atoms with van der Waals surface area (Å²) < 4.78 is 0. The molecular weight excluding hydrogens is 204 g/mol. The van der Waals surface area contributed by atoms with Crippen molar-refractivity contribution < 1.29 is 15.3 Å². The predicted molar refractivity (Wildman–Crippen MR) is 54.9 cm³/mol. The smallest absolute Gasteiger partial charge is 0.161 e. The minimum Gasteiger partial charge on any atom is -0.504 e. The first-order valence-corrected chi connectivity index (χ1v) is 4.76. The summed E-state index contributed by atoms with van der Waals surface area (Å²) in [6.45, 7) is 1.82. The van der Waals surface area contributed by atoms with E-state index in [0.717, 1.165) is 5.56 Å². The monoisotopic (exact) mass is 216 g/mol. The summed E-state index contributed by atoms with van der Waals surface area (Å²) in [6, 6.07) is 1.31. The number of hydrogen-bond donors (Lipinski definition) is 3. The van der Waals surface area contributed by atoms with Gasteiger partial charge in [0.2, 0.25) is 0 Å². The van der Waals surface area contributed by atoms with Crippen molar-refractivity contribution in [2.45, 2.75) is 19.8 Å². The number of benzene rings is 1. The largest absolute Gasteiger partial charge is 0.504 e. The standard InChI is InChI=1S/C10H13ClO3/c1-6-7(3-2-4-12)10(14)9(13)5-8(6)11/h5,12-14H,2-4H2,1H3. The van der Waals surface area contributed by atoms with E-state index in [1.807, 2.05) is 0 Å². The highest BCUT2D eigenvalue weighted by Gasteiger charge is 2.12. The molecule has 4 heteroatoms. The van der Waals surface area contributed by atoms with Gasteiger partial charge in [-0.05, 0) is 25.3 Å². The maximum Gasteiger partial charge on any atom is 0.161 e. The summed E-state index contributed by atoms with van der Waals surface area (Å²) in [7, 11) is 0. The van der Waals surface area contributed by atoms with Gasteiger partial charge in [0.1, 0.15) is 0 Å². The van der Waals surface area contributed by atoms with Gasteiger partial charge in [0.15, 0.2) is 11.5 Å². The Bertz CT molecular complexity index is 310. The highest BCUT2D eigenvalue weighted by atomic mass is 35.5. The van der Waals surface area contributed by atoms with Crippen LogP contribution in [0.15, 0.2) is 6.07 Å². The number of aromatic hydroxyl groups is 2. The van der Waals surface area contributed by atoms with E-state index in [0.29, 0.717) is 23.4 Å². The fourth-order valence-electron chi connectivity index (χ4n) is 1.33. The van der Waals surface area contributed by atoms with Crippen LogP contribution < -0.4 is 0 Å². The summed E-state index contributed by atoms with van der Waals surface area (Å²) in [6.07, 6.45) is 1.04. The second-order valence-corrected chi connectivity index (χ2v) is 3.56. The number of aliphatic hydroxyl groups is 1. The highest BCUT2D eigenvalue weighted by molar-refractivity contribution is 6.31. The van der Waals surface area contributed by atoms with Crippen molar-refractivity contribution in [3.8, 4) is 11.5 Å². The molecule has 0 aliphatic heterocycles. The molecule has 0 heterocycles. The van der Waals surface area contributed by atoms with Gasteiger partial charge in [-0.15, -0.1) is 0 Å². The van der Waals surface area contributed by atoms with Gasteiger partial charge in [0.25, 0.3) is 0 Å². The third-order valence-electron chi connectivity index (χ3n) is 2.19. The Morgan fingerprint density at radius 3 is 2.57 bits per heavy atom. The molecule has 1 rings (SSSR count). The summed E-state index contributed by atoms with van der Waals surface area (Å²) in [4.78, 5) is 0. The van der Waals surface area contributed by atoms with Gasteiger partial charge in [-0.1, -0.05) is 11.6 Å². The average molecular weight is 217 g/mol. The minimum absolute atomic E-state index is 0.0478. The normalized spacial score (nSPS) is 10.5. The van der Waals surface area contributed by atoms with Crippen molar-refractivity contribution in [1.29, 1.82) is 0 Å². The number of rotatable bonds is 3. The molecule has 0 aliphatic rings. The lowest BCUT2D eigenvalue weighted by Crippen LogP contribution is -1.94. The topological polar surface area (TPSA) is 60.7 Å². The van der Waals surface area contributed by atoms with Crippen molar-refractivity contribution in [3.63, 3.8) is 0 Å². The summed E-state index contributed by atoms with van der Waals surface area (Å²) in [5.41, 5.74) is 1.35. The van der Waals surface area contributed by atoms with Crippen molar-refractivity contribution in [3.05, 3.63) is 22.2 Å². The van der Waals surface area contributed by atoms with E-state index in [2.05, 4.69) is 0 Å². The maximum absolute atomic E-state index is 9.54. The summed E-state index contributed by atoms with van der Waals surface area (Å²) in [5, 5.41) is 27.9. The molecule has 0 unspecified atom stereocenters. The van der Waals surface area contributed by atoms with Crippen molar-refractivity contribution >= 4 is 11.6 Å². The fraction of sp³-hybridized carbons (Fsp3) is 0.400. The van der Waals surface area contributed by atoms with Crippen LogP contribution in [-0.2, 0) is 6.42 Å². The molecule has 1 aromatic rings. The van der Waals surface area contributed by atoms with E-state index in [1.165, 1.54) is 6.07 Å². The molecule has 3 nitrogen and oxygen atoms in total. The third-order valence-corrected chi connectivity index (χ3v) is 2.58. The number of halogens is 1. The van der Waals surface area contributed by atoms with Gasteiger partial charge in [-0.25, -0.2) is 0 Å². The average Bonchev–Trinajstić information content (AvgIpc) is 2.15. The van der Waals surface area contributed by atoms with Crippen LogP contribution in [0.3, 0.4) is 0 Å². The SMILES string of the molecule is Cc1c(Cl)cc(O)c(O)c1CCCO. The molecule has 0 fully saturated rings. The van der Waals surface area contributed by atoms with Crippen LogP contribution in [0.25, 0.3) is 0 Å². The molecule has 3 N–H and O–H groups in total. The van der Waals surface area contributed by atoms with E-state index in [4.69, 9.17) is 16.7 Å². The van der Waals surface area contributed by atoms with Crippen LogP contribution in [0.2, 0.25) is 5.02 Å². The van der Waals surface area contributed by atoms with E-state index < -0.39 is 0 Å². The Morgan fingerprint density at radius 1 is 1.36 bits per heavy atom. The van der Waals surface area contributed by atoms with Crippen LogP contribution >= 0.6 is 11.6 Å². The van der Waals surface area contributed by atoms with Gasteiger partial charge < -0.3 is 15.3 Å². The first-order valence-electron chi connectivity index (χ1n) is 4.38. The lowest BCUT2D eigenvalue weighted by atomic mass is 10.0. The number of aliphatic hydroxyl groups excluding tert-OH is 1. The zero-order valence-electron chi connectivity index (χ0n) is 7.92. The van der Waals surface area contributed by atoms with E-state index >= 15 is 0 Å². The lowest BCUT2D eigenvalue weighted by Gasteiger charge is -2.10. The molecule has 0 atom stereocenters. The lowest BCUT2D eigenvalue weighted by molar-refractivity contribution is 0.287. The zero-order chi connectivity index (χ0) is 10.7. The second-order valence-electron chi connectivity index (χ2n) is 3.16. The molecule has 1 aromatic carbocycles. The first-order chi connectivity index (χ1) is 6.57. The zero-order valence-corrected chi connectivity index (χ0v) is 8.67.